The molecule has 0 unspecified atom stereocenters. The number of aryl methyl sites for hydroxylation is 1. The second-order valence-electron chi connectivity index (χ2n) is 14.7. The van der Waals surface area contributed by atoms with Crippen molar-refractivity contribution in [2.45, 2.75) is 57.0 Å². The van der Waals surface area contributed by atoms with Crippen molar-refractivity contribution in [3.63, 3.8) is 0 Å². The van der Waals surface area contributed by atoms with Gasteiger partial charge in [0.25, 0.3) is 0 Å². The van der Waals surface area contributed by atoms with Gasteiger partial charge in [0.1, 0.15) is 24.1 Å². The minimum atomic E-state index is -1.14. The van der Waals surface area contributed by atoms with Crippen LogP contribution in [-0.2, 0) is 49.7 Å². The molecule has 5 aromatic carbocycles. The number of rotatable bonds is 10. The largest absolute Gasteiger partial charge is 0.497 e. The standard InChI is InChI=1S/C48H48N2O8/c1-57-41-21-14-33(15-22-41)26-38-29-40(51)31-58-42-23-16-34(17-24-42)27-39(48(55)56)30-45(52)43(25-18-32-8-4-2-5-9-32)49-47(54)44(50-46(38)53)28-35-12-19-37(20-13-35)36-10-6-3-7-11-36/h2-17,19-24,38-39,43-44H,18,25-31H2,1H3,(H,49,54)(H,50,53)(H,55,56)/t38-,39-,43+,44-/m1/s1. The Morgan fingerprint density at radius 2 is 1.26 bits per heavy atom. The van der Waals surface area contributed by atoms with Crippen LogP contribution in [-0.4, -0.2) is 60.3 Å². The molecular formula is C48H48N2O8. The van der Waals surface area contributed by atoms with Crippen LogP contribution in [0.15, 0.2) is 133 Å². The Bertz CT molecular complexity index is 2150. The minimum Gasteiger partial charge on any atom is -0.497 e. The molecule has 2 heterocycles. The molecule has 0 aliphatic carbocycles. The number of aliphatic carboxylic acids is 1. The fourth-order valence-electron chi connectivity index (χ4n) is 7.18. The summed E-state index contributed by atoms with van der Waals surface area (Å²) in [5.41, 5.74) is 5.19. The van der Waals surface area contributed by atoms with E-state index in [1.54, 1.807) is 43.5 Å². The van der Waals surface area contributed by atoms with Gasteiger partial charge in [0.2, 0.25) is 11.8 Å². The van der Waals surface area contributed by atoms with Gasteiger partial charge in [-0.15, -0.1) is 0 Å². The van der Waals surface area contributed by atoms with E-state index >= 15 is 0 Å². The van der Waals surface area contributed by atoms with E-state index in [0.29, 0.717) is 23.5 Å². The SMILES string of the molecule is COc1ccc(C[C@@H]2CC(=O)COc3ccc(cc3)C[C@@H](C(=O)O)CC(=O)[C@H](CCc3ccccc3)NC(=O)[C@@H](Cc3ccc(-c4ccccc4)cc3)NC2=O)cc1. The van der Waals surface area contributed by atoms with Crippen LogP contribution in [0.2, 0.25) is 0 Å². The number of fused-ring (bicyclic) bond motifs is 16. The molecular weight excluding hydrogens is 733 g/mol. The summed E-state index contributed by atoms with van der Waals surface area (Å²) in [5, 5.41) is 16.1. The van der Waals surface area contributed by atoms with Crippen LogP contribution in [0.3, 0.4) is 0 Å². The van der Waals surface area contributed by atoms with E-state index in [9.17, 15) is 29.1 Å². The number of Topliss-reactive ketones (excluding diaryl/α,β-unsaturated/α-hetero) is 2. The Kier molecular flexibility index (Phi) is 14.2. The first-order valence-electron chi connectivity index (χ1n) is 19.5. The Hall–Kier alpha value is -6.55. The van der Waals surface area contributed by atoms with Gasteiger partial charge in [0, 0.05) is 25.2 Å². The molecule has 10 heteroatoms. The topological polar surface area (TPSA) is 148 Å². The van der Waals surface area contributed by atoms with Crippen LogP contribution < -0.4 is 20.1 Å². The monoisotopic (exact) mass is 780 g/mol. The quantitative estimate of drug-likeness (QED) is 0.143. The van der Waals surface area contributed by atoms with Gasteiger partial charge in [0.05, 0.1) is 19.1 Å². The summed E-state index contributed by atoms with van der Waals surface area (Å²) in [4.78, 5) is 68.8. The van der Waals surface area contributed by atoms with Gasteiger partial charge in [-0.3, -0.25) is 24.0 Å². The maximum absolute atomic E-state index is 14.5. The minimum absolute atomic E-state index is 0.0737. The number of ketones is 2. The lowest BCUT2D eigenvalue weighted by Crippen LogP contribution is -2.54. The van der Waals surface area contributed by atoms with E-state index in [1.165, 1.54) is 0 Å². The molecule has 2 aliphatic heterocycles. The highest BCUT2D eigenvalue weighted by Crippen LogP contribution is 2.23. The third kappa shape index (κ3) is 11.7. The lowest BCUT2D eigenvalue weighted by molar-refractivity contribution is -0.144. The maximum Gasteiger partial charge on any atom is 0.307 e. The molecule has 0 saturated heterocycles. The Balaban J connectivity index is 1.34. The van der Waals surface area contributed by atoms with Gasteiger partial charge in [-0.25, -0.2) is 0 Å². The van der Waals surface area contributed by atoms with Gasteiger partial charge in [-0.1, -0.05) is 109 Å². The highest BCUT2D eigenvalue weighted by atomic mass is 16.5. The van der Waals surface area contributed by atoms with E-state index in [-0.39, 0.29) is 50.9 Å². The Morgan fingerprint density at radius 1 is 0.655 bits per heavy atom. The van der Waals surface area contributed by atoms with Crippen LogP contribution in [0.4, 0.5) is 0 Å². The summed E-state index contributed by atoms with van der Waals surface area (Å²) < 4.78 is 11.1. The number of methoxy groups -OCH3 is 1. The van der Waals surface area contributed by atoms with Crippen molar-refractivity contribution < 1.29 is 38.6 Å². The molecule has 4 atom stereocenters. The third-order valence-electron chi connectivity index (χ3n) is 10.5. The summed E-state index contributed by atoms with van der Waals surface area (Å²) in [6, 6.07) is 38.8. The third-order valence-corrected chi connectivity index (χ3v) is 10.5. The van der Waals surface area contributed by atoms with Crippen molar-refractivity contribution in [2.75, 3.05) is 13.7 Å². The number of hydrogen-bond donors (Lipinski definition) is 3. The Morgan fingerprint density at radius 3 is 1.91 bits per heavy atom. The zero-order chi connectivity index (χ0) is 40.9. The van der Waals surface area contributed by atoms with Crippen molar-refractivity contribution in [2.24, 2.45) is 11.8 Å². The average Bonchev–Trinajstić information content (AvgIpc) is 3.24. The van der Waals surface area contributed by atoms with Gasteiger partial charge in [-0.2, -0.15) is 0 Å². The average molecular weight is 781 g/mol. The summed E-state index contributed by atoms with van der Waals surface area (Å²) >= 11 is 0. The number of carboxylic acids is 1. The van der Waals surface area contributed by atoms with Gasteiger partial charge in [-0.05, 0) is 83.3 Å². The number of carboxylic acid groups (broad SMARTS) is 1. The molecule has 58 heavy (non-hydrogen) atoms. The lowest BCUT2D eigenvalue weighted by Gasteiger charge is -2.26. The van der Waals surface area contributed by atoms with E-state index in [1.807, 2.05) is 97.1 Å². The molecule has 0 radical (unpaired) electrons. The lowest BCUT2D eigenvalue weighted by atomic mass is 9.90. The molecule has 0 saturated carbocycles. The van der Waals surface area contributed by atoms with Crippen LogP contribution in [0.5, 0.6) is 11.5 Å². The summed E-state index contributed by atoms with van der Waals surface area (Å²) in [5.74, 6) is -3.84. The maximum atomic E-state index is 14.5. The number of carbonyl (C=O) groups excluding carboxylic acids is 4. The molecule has 2 bridgehead atoms. The molecule has 0 spiro atoms. The van der Waals surface area contributed by atoms with Crippen molar-refractivity contribution in [3.8, 4) is 22.6 Å². The number of hydrogen-bond acceptors (Lipinski definition) is 7. The number of amides is 2. The Labute approximate surface area is 338 Å². The fourth-order valence-corrected chi connectivity index (χ4v) is 7.18. The molecule has 298 valence electrons. The van der Waals surface area contributed by atoms with Crippen molar-refractivity contribution in [1.29, 1.82) is 0 Å². The number of benzene rings is 5. The van der Waals surface area contributed by atoms with Gasteiger partial charge < -0.3 is 25.2 Å². The van der Waals surface area contributed by atoms with Crippen molar-refractivity contribution in [1.82, 2.24) is 10.6 Å². The first kappa shape index (κ1) is 41.1. The van der Waals surface area contributed by atoms with Gasteiger partial charge >= 0.3 is 5.97 Å². The predicted molar refractivity (Wildman–Crippen MR) is 220 cm³/mol. The normalized spacial score (nSPS) is 19.5. The van der Waals surface area contributed by atoms with E-state index < -0.39 is 47.5 Å². The first-order chi connectivity index (χ1) is 28.1. The molecule has 5 aromatic rings. The van der Waals surface area contributed by atoms with Crippen LogP contribution in [0.25, 0.3) is 11.1 Å². The smallest absolute Gasteiger partial charge is 0.307 e. The second kappa shape index (κ2) is 20.0. The van der Waals surface area contributed by atoms with Crippen LogP contribution >= 0.6 is 0 Å². The first-order valence-corrected chi connectivity index (χ1v) is 19.5. The fraction of sp³-hybridized carbons (Fsp3) is 0.271. The zero-order valence-electron chi connectivity index (χ0n) is 32.5. The molecule has 2 amide bonds. The highest BCUT2D eigenvalue weighted by Gasteiger charge is 2.32. The molecule has 2 aliphatic rings. The number of carbonyl (C=O) groups is 5. The van der Waals surface area contributed by atoms with E-state index in [2.05, 4.69) is 10.6 Å². The number of ether oxygens (including phenoxy) is 2. The molecule has 10 nitrogen and oxygen atoms in total. The molecule has 3 N–H and O–H groups in total. The van der Waals surface area contributed by atoms with Crippen LogP contribution in [0.1, 0.15) is 41.5 Å². The van der Waals surface area contributed by atoms with Crippen LogP contribution in [0, 0.1) is 11.8 Å². The van der Waals surface area contributed by atoms with Gasteiger partial charge in [0.15, 0.2) is 11.6 Å². The highest BCUT2D eigenvalue weighted by molar-refractivity contribution is 5.95. The van der Waals surface area contributed by atoms with Crippen molar-refractivity contribution >= 4 is 29.4 Å². The summed E-state index contributed by atoms with van der Waals surface area (Å²) in [6.45, 7) is -0.293. The summed E-state index contributed by atoms with van der Waals surface area (Å²) in [7, 11) is 1.56. The zero-order valence-corrected chi connectivity index (χ0v) is 32.5. The summed E-state index contributed by atoms with van der Waals surface area (Å²) in [6.07, 6.45) is 0.548. The molecule has 7 rings (SSSR count). The van der Waals surface area contributed by atoms with E-state index in [0.717, 1.165) is 27.8 Å². The van der Waals surface area contributed by atoms with Crippen molar-refractivity contribution in [3.05, 3.63) is 156 Å². The molecule has 0 fully saturated rings. The molecule has 0 aromatic heterocycles. The van der Waals surface area contributed by atoms with E-state index in [4.69, 9.17) is 9.47 Å². The second-order valence-corrected chi connectivity index (χ2v) is 14.7. The predicted octanol–water partition coefficient (Wildman–Crippen LogP) is 6.62. The number of nitrogens with one attached hydrogen (secondary N) is 2.